The Morgan fingerprint density at radius 2 is 1.85 bits per heavy atom. The van der Waals surface area contributed by atoms with E-state index in [0.29, 0.717) is 17.4 Å². The number of rotatable bonds is 5. The zero-order valence-electron chi connectivity index (χ0n) is 18.5. The first kappa shape index (κ1) is 21.1. The summed E-state index contributed by atoms with van der Waals surface area (Å²) in [5.41, 5.74) is 2.85. The van der Waals surface area contributed by atoms with Crippen molar-refractivity contribution < 1.29 is 4.79 Å². The van der Waals surface area contributed by atoms with Crippen LogP contribution in [0.2, 0.25) is 0 Å². The quantitative estimate of drug-likeness (QED) is 0.462. The van der Waals surface area contributed by atoms with Gasteiger partial charge in [0.25, 0.3) is 5.91 Å². The molecule has 1 fully saturated rings. The Hall–Kier alpha value is -3.80. The SMILES string of the molecule is O=C(c1cccc(Nc2ncccn2)c1)N1CCC[C@@H](Cc2cccc3ccncc23)CC1. The maximum Gasteiger partial charge on any atom is 0.253 e. The summed E-state index contributed by atoms with van der Waals surface area (Å²) in [7, 11) is 0. The molecule has 1 amide bonds. The Morgan fingerprint density at radius 3 is 2.76 bits per heavy atom. The van der Waals surface area contributed by atoms with Crippen molar-refractivity contribution in [1.29, 1.82) is 0 Å². The largest absolute Gasteiger partial charge is 0.339 e. The standard InChI is InChI=1S/C27H27N5O/c33-26(23-8-2-9-24(18-23)31-27-29-12-4-13-30-27)32-15-3-5-20(11-16-32)17-22-7-1-6-21-10-14-28-19-25(21)22/h1-2,4,6-10,12-14,18-20H,3,5,11,15-17H2,(H,29,30,31)/t20-/m1/s1. The highest BCUT2D eigenvalue weighted by Crippen LogP contribution is 2.27. The maximum atomic E-state index is 13.3. The number of carbonyl (C=O) groups is 1. The zero-order chi connectivity index (χ0) is 22.5. The number of pyridine rings is 1. The van der Waals surface area contributed by atoms with Crippen LogP contribution in [0.15, 0.2) is 79.4 Å². The molecule has 0 unspecified atom stereocenters. The van der Waals surface area contributed by atoms with E-state index in [4.69, 9.17) is 0 Å². The molecule has 1 aliphatic rings. The van der Waals surface area contributed by atoms with Gasteiger partial charge in [-0.3, -0.25) is 9.78 Å². The second-order valence-corrected chi connectivity index (χ2v) is 8.59. The van der Waals surface area contributed by atoms with E-state index in [2.05, 4.69) is 44.5 Å². The number of fused-ring (bicyclic) bond motifs is 1. The number of anilines is 2. The molecule has 1 atom stereocenters. The first-order chi connectivity index (χ1) is 16.3. The van der Waals surface area contributed by atoms with E-state index in [-0.39, 0.29) is 5.91 Å². The minimum absolute atomic E-state index is 0.0858. The Bertz CT molecular complexity index is 1240. The van der Waals surface area contributed by atoms with Crippen LogP contribution in [0.25, 0.3) is 10.8 Å². The number of hydrogen-bond donors (Lipinski definition) is 1. The van der Waals surface area contributed by atoms with Gasteiger partial charge in [0.05, 0.1) is 0 Å². The van der Waals surface area contributed by atoms with E-state index in [1.807, 2.05) is 41.6 Å². The van der Waals surface area contributed by atoms with Gasteiger partial charge in [-0.15, -0.1) is 0 Å². The van der Waals surface area contributed by atoms with E-state index >= 15 is 0 Å². The molecule has 6 heteroatoms. The fourth-order valence-corrected chi connectivity index (χ4v) is 4.64. The van der Waals surface area contributed by atoms with Crippen molar-refractivity contribution >= 4 is 28.3 Å². The Labute approximate surface area is 193 Å². The van der Waals surface area contributed by atoms with Crippen molar-refractivity contribution in [3.63, 3.8) is 0 Å². The van der Waals surface area contributed by atoms with Crippen LogP contribution < -0.4 is 5.32 Å². The van der Waals surface area contributed by atoms with Crippen molar-refractivity contribution in [2.45, 2.75) is 25.7 Å². The number of carbonyl (C=O) groups excluding carboxylic acids is 1. The Morgan fingerprint density at radius 1 is 0.970 bits per heavy atom. The van der Waals surface area contributed by atoms with E-state index in [0.717, 1.165) is 44.5 Å². The third-order valence-electron chi connectivity index (χ3n) is 6.35. The molecular formula is C27H27N5O. The van der Waals surface area contributed by atoms with Crippen LogP contribution >= 0.6 is 0 Å². The summed E-state index contributed by atoms with van der Waals surface area (Å²) in [5, 5.41) is 5.64. The molecule has 6 nitrogen and oxygen atoms in total. The normalized spacial score (nSPS) is 16.4. The Kier molecular flexibility index (Phi) is 6.24. The molecule has 1 N–H and O–H groups in total. The molecule has 0 bridgehead atoms. The number of hydrogen-bond acceptors (Lipinski definition) is 5. The molecule has 0 saturated carbocycles. The predicted molar refractivity (Wildman–Crippen MR) is 130 cm³/mol. The van der Waals surface area contributed by atoms with Gasteiger partial charge in [0, 0.05) is 54.5 Å². The highest BCUT2D eigenvalue weighted by molar-refractivity contribution is 5.95. The van der Waals surface area contributed by atoms with Gasteiger partial charge in [-0.2, -0.15) is 0 Å². The number of amides is 1. The molecular weight excluding hydrogens is 410 g/mol. The van der Waals surface area contributed by atoms with Crippen molar-refractivity contribution in [2.24, 2.45) is 5.92 Å². The molecule has 2 aromatic heterocycles. The summed E-state index contributed by atoms with van der Waals surface area (Å²) in [5.74, 6) is 1.17. The molecule has 33 heavy (non-hydrogen) atoms. The van der Waals surface area contributed by atoms with Gasteiger partial charge in [-0.1, -0.05) is 24.3 Å². The highest BCUT2D eigenvalue weighted by atomic mass is 16.2. The van der Waals surface area contributed by atoms with Gasteiger partial charge in [-0.25, -0.2) is 9.97 Å². The van der Waals surface area contributed by atoms with Crippen LogP contribution in [-0.4, -0.2) is 38.8 Å². The summed E-state index contributed by atoms with van der Waals surface area (Å²) >= 11 is 0. The maximum absolute atomic E-state index is 13.3. The van der Waals surface area contributed by atoms with Gasteiger partial charge >= 0.3 is 0 Å². The van der Waals surface area contributed by atoms with Gasteiger partial charge < -0.3 is 10.2 Å². The van der Waals surface area contributed by atoms with Gasteiger partial charge in [0.1, 0.15) is 0 Å². The van der Waals surface area contributed by atoms with E-state index in [1.54, 1.807) is 18.5 Å². The minimum atomic E-state index is 0.0858. The number of likely N-dealkylation sites (tertiary alicyclic amines) is 1. The van der Waals surface area contributed by atoms with Crippen molar-refractivity contribution in [1.82, 2.24) is 19.9 Å². The van der Waals surface area contributed by atoms with E-state index in [9.17, 15) is 4.79 Å². The lowest BCUT2D eigenvalue weighted by molar-refractivity contribution is 0.0760. The van der Waals surface area contributed by atoms with E-state index in [1.165, 1.54) is 16.3 Å². The minimum Gasteiger partial charge on any atom is -0.339 e. The second kappa shape index (κ2) is 9.77. The van der Waals surface area contributed by atoms with Crippen LogP contribution in [-0.2, 0) is 6.42 Å². The molecule has 0 radical (unpaired) electrons. The lowest BCUT2D eigenvalue weighted by Crippen LogP contribution is -2.32. The topological polar surface area (TPSA) is 71.0 Å². The van der Waals surface area contributed by atoms with Crippen molar-refractivity contribution in [3.8, 4) is 0 Å². The summed E-state index contributed by atoms with van der Waals surface area (Å²) in [4.78, 5) is 28.0. The third-order valence-corrected chi connectivity index (χ3v) is 6.35. The lowest BCUT2D eigenvalue weighted by atomic mass is 9.91. The Balaban J connectivity index is 1.24. The molecule has 4 aromatic rings. The zero-order valence-corrected chi connectivity index (χ0v) is 18.5. The molecule has 0 aliphatic carbocycles. The molecule has 2 aromatic carbocycles. The number of benzene rings is 2. The fourth-order valence-electron chi connectivity index (χ4n) is 4.64. The smallest absolute Gasteiger partial charge is 0.253 e. The highest BCUT2D eigenvalue weighted by Gasteiger charge is 2.22. The van der Waals surface area contributed by atoms with Crippen LogP contribution in [0, 0.1) is 5.92 Å². The molecule has 1 aliphatic heterocycles. The average Bonchev–Trinajstić information content (AvgIpc) is 3.10. The second-order valence-electron chi connectivity index (χ2n) is 8.59. The molecule has 5 rings (SSSR count). The predicted octanol–water partition coefficient (Wildman–Crippen LogP) is 5.25. The van der Waals surface area contributed by atoms with Crippen molar-refractivity contribution in [3.05, 3.63) is 90.5 Å². The first-order valence-corrected chi connectivity index (χ1v) is 11.5. The van der Waals surface area contributed by atoms with Gasteiger partial charge in [-0.05, 0) is 72.9 Å². The molecule has 0 spiro atoms. The molecule has 1 saturated heterocycles. The number of nitrogens with one attached hydrogen (secondary N) is 1. The van der Waals surface area contributed by atoms with Gasteiger partial charge in [0.15, 0.2) is 0 Å². The number of aromatic nitrogens is 3. The summed E-state index contributed by atoms with van der Waals surface area (Å²) in [6.07, 6.45) is 11.4. The third kappa shape index (κ3) is 5.00. The number of nitrogens with zero attached hydrogens (tertiary/aromatic N) is 4. The van der Waals surface area contributed by atoms with Crippen LogP contribution in [0.5, 0.6) is 0 Å². The van der Waals surface area contributed by atoms with Crippen LogP contribution in [0.3, 0.4) is 0 Å². The summed E-state index contributed by atoms with van der Waals surface area (Å²) in [6.45, 7) is 1.58. The summed E-state index contributed by atoms with van der Waals surface area (Å²) in [6, 6.07) is 17.9. The van der Waals surface area contributed by atoms with Crippen LogP contribution in [0.4, 0.5) is 11.6 Å². The fraction of sp³-hybridized carbons (Fsp3) is 0.259. The van der Waals surface area contributed by atoms with Crippen LogP contribution in [0.1, 0.15) is 35.2 Å². The first-order valence-electron chi connectivity index (χ1n) is 11.5. The monoisotopic (exact) mass is 437 g/mol. The molecule has 166 valence electrons. The van der Waals surface area contributed by atoms with Gasteiger partial charge in [0.2, 0.25) is 5.95 Å². The lowest BCUT2D eigenvalue weighted by Gasteiger charge is -2.21. The summed E-state index contributed by atoms with van der Waals surface area (Å²) < 4.78 is 0. The average molecular weight is 438 g/mol. The van der Waals surface area contributed by atoms with Crippen molar-refractivity contribution in [2.75, 3.05) is 18.4 Å². The molecule has 3 heterocycles. The van der Waals surface area contributed by atoms with E-state index < -0.39 is 0 Å².